The number of anilines is 1. The maximum atomic E-state index is 14.0. The van der Waals surface area contributed by atoms with E-state index < -0.39 is 23.2 Å². The molecular weight excluding hydrogens is 330 g/mol. The molecule has 0 saturated heterocycles. The molecule has 0 aromatic heterocycles. The number of aliphatic hydroxyl groups is 1. The van der Waals surface area contributed by atoms with Crippen molar-refractivity contribution in [2.45, 2.75) is 18.4 Å². The number of aliphatic hydroxyl groups excluding tert-OH is 1. The van der Waals surface area contributed by atoms with Gasteiger partial charge in [0.2, 0.25) is 0 Å². The average Bonchev–Trinajstić information content (AvgIpc) is 2.97. The van der Waals surface area contributed by atoms with E-state index >= 15 is 0 Å². The third-order valence-electron chi connectivity index (χ3n) is 4.47. The van der Waals surface area contributed by atoms with Crippen LogP contribution in [0.5, 0.6) is 5.75 Å². The molecule has 1 atom stereocenters. The molecule has 2 amide bonds. The van der Waals surface area contributed by atoms with Crippen LogP contribution >= 0.6 is 0 Å². The molecule has 1 aliphatic carbocycles. The lowest BCUT2D eigenvalue weighted by Gasteiger charge is -2.29. The molecule has 2 aromatic rings. The Morgan fingerprint density at radius 3 is 2.76 bits per heavy atom. The minimum Gasteiger partial charge on any atom is -0.494 e. The lowest BCUT2D eigenvalue weighted by molar-refractivity contribution is 0.164. The summed E-state index contributed by atoms with van der Waals surface area (Å²) in [6.07, 6.45) is 1.23. The Hall–Kier alpha value is -2.67. The first kappa shape index (κ1) is 17.2. The van der Waals surface area contributed by atoms with Gasteiger partial charge in [0.25, 0.3) is 0 Å². The number of nitrogens with one attached hydrogen (secondary N) is 2. The average molecular weight is 348 g/mol. The number of benzene rings is 2. The number of aryl methyl sites for hydroxylation is 1. The van der Waals surface area contributed by atoms with E-state index in [2.05, 4.69) is 15.4 Å². The van der Waals surface area contributed by atoms with Gasteiger partial charge < -0.3 is 20.5 Å². The predicted octanol–water partition coefficient (Wildman–Crippen LogP) is 2.93. The fraction of sp³-hybridized carbons (Fsp3) is 0.278. The fourth-order valence-electron chi connectivity index (χ4n) is 3.17. The number of carbonyl (C=O) groups excluding carboxylic acids is 1. The number of hydrogen-bond donors (Lipinski definition) is 3. The smallest absolute Gasteiger partial charge is 0.320 e. The van der Waals surface area contributed by atoms with Crippen molar-refractivity contribution in [3.63, 3.8) is 0 Å². The number of fused-ring (bicyclic) bond motifs is 1. The van der Waals surface area contributed by atoms with E-state index in [-0.39, 0.29) is 18.0 Å². The minimum atomic E-state index is -0.942. The van der Waals surface area contributed by atoms with Gasteiger partial charge in [0.1, 0.15) is 0 Å². The molecule has 0 fully saturated rings. The molecule has 3 rings (SSSR count). The summed E-state index contributed by atoms with van der Waals surface area (Å²) in [6.45, 7) is -0.295. The molecule has 0 aliphatic heterocycles. The zero-order valence-electron chi connectivity index (χ0n) is 13.6. The van der Waals surface area contributed by atoms with Crippen LogP contribution in [0, 0.1) is 11.6 Å². The van der Waals surface area contributed by atoms with Crippen molar-refractivity contribution in [3.8, 4) is 5.75 Å². The standard InChI is InChI=1S/C18H18F2N2O3/c1-25-16-9-13(19)15(8-14(16)20)21-17(24)22-18(10-23)7-6-11-4-2-3-5-12(11)18/h2-5,8-9,23H,6-7,10H2,1H3,(H2,21,22,24). The summed E-state index contributed by atoms with van der Waals surface area (Å²) >= 11 is 0. The van der Waals surface area contributed by atoms with E-state index in [0.29, 0.717) is 12.8 Å². The van der Waals surface area contributed by atoms with E-state index in [1.165, 1.54) is 7.11 Å². The largest absolute Gasteiger partial charge is 0.494 e. The van der Waals surface area contributed by atoms with Crippen molar-refractivity contribution in [1.29, 1.82) is 0 Å². The van der Waals surface area contributed by atoms with Crippen LogP contribution in [-0.2, 0) is 12.0 Å². The van der Waals surface area contributed by atoms with Crippen LogP contribution in [0.1, 0.15) is 17.5 Å². The summed E-state index contributed by atoms with van der Waals surface area (Å²) in [5, 5.41) is 14.8. The van der Waals surface area contributed by atoms with Gasteiger partial charge in [-0.15, -0.1) is 0 Å². The van der Waals surface area contributed by atoms with E-state index in [9.17, 15) is 18.7 Å². The van der Waals surface area contributed by atoms with Crippen LogP contribution in [0.15, 0.2) is 36.4 Å². The second-order valence-corrected chi connectivity index (χ2v) is 5.94. The zero-order valence-corrected chi connectivity index (χ0v) is 13.6. The summed E-state index contributed by atoms with van der Waals surface area (Å²) in [5.74, 6) is -1.86. The number of halogens is 2. The van der Waals surface area contributed by atoms with Crippen molar-refractivity contribution in [2.24, 2.45) is 0 Å². The number of ether oxygens (including phenoxy) is 1. The Bertz CT molecular complexity index is 813. The molecule has 7 heteroatoms. The van der Waals surface area contributed by atoms with Gasteiger partial charge in [0, 0.05) is 12.1 Å². The van der Waals surface area contributed by atoms with Crippen molar-refractivity contribution in [3.05, 3.63) is 59.2 Å². The Balaban J connectivity index is 1.80. The van der Waals surface area contributed by atoms with Crippen LogP contribution < -0.4 is 15.4 Å². The summed E-state index contributed by atoms with van der Waals surface area (Å²) in [4.78, 5) is 12.3. The number of methoxy groups -OCH3 is 1. The molecule has 1 aliphatic rings. The van der Waals surface area contributed by atoms with Crippen LogP contribution in [-0.4, -0.2) is 24.9 Å². The zero-order chi connectivity index (χ0) is 18.0. The van der Waals surface area contributed by atoms with Gasteiger partial charge in [-0.25, -0.2) is 13.6 Å². The second-order valence-electron chi connectivity index (χ2n) is 5.94. The maximum absolute atomic E-state index is 14.0. The van der Waals surface area contributed by atoms with E-state index in [1.54, 1.807) is 0 Å². The Kier molecular flexibility index (Phi) is 4.59. The van der Waals surface area contributed by atoms with Crippen LogP contribution in [0.25, 0.3) is 0 Å². The molecule has 132 valence electrons. The molecule has 0 saturated carbocycles. The van der Waals surface area contributed by atoms with Gasteiger partial charge in [0.05, 0.1) is 24.9 Å². The monoisotopic (exact) mass is 348 g/mol. The first-order valence-electron chi connectivity index (χ1n) is 7.80. The SMILES string of the molecule is COc1cc(F)c(NC(=O)NC2(CO)CCc3ccccc32)cc1F. The predicted molar refractivity (Wildman–Crippen MR) is 88.6 cm³/mol. The van der Waals surface area contributed by atoms with E-state index in [0.717, 1.165) is 23.3 Å². The highest BCUT2D eigenvalue weighted by Gasteiger charge is 2.39. The molecule has 0 bridgehead atoms. The van der Waals surface area contributed by atoms with Gasteiger partial charge in [-0.3, -0.25) is 0 Å². The highest BCUT2D eigenvalue weighted by molar-refractivity contribution is 5.90. The number of urea groups is 1. The molecule has 0 radical (unpaired) electrons. The fourth-order valence-corrected chi connectivity index (χ4v) is 3.17. The third kappa shape index (κ3) is 3.15. The molecule has 5 nitrogen and oxygen atoms in total. The Morgan fingerprint density at radius 2 is 2.04 bits per heavy atom. The first-order chi connectivity index (χ1) is 12.0. The summed E-state index contributed by atoms with van der Waals surface area (Å²) < 4.78 is 32.4. The highest BCUT2D eigenvalue weighted by Crippen LogP contribution is 2.36. The van der Waals surface area contributed by atoms with E-state index in [1.807, 2.05) is 24.3 Å². The number of carbonyl (C=O) groups is 1. The Morgan fingerprint density at radius 1 is 1.28 bits per heavy atom. The maximum Gasteiger partial charge on any atom is 0.320 e. The van der Waals surface area contributed by atoms with Crippen molar-refractivity contribution in [2.75, 3.05) is 19.0 Å². The van der Waals surface area contributed by atoms with Gasteiger partial charge in [-0.05, 0) is 24.0 Å². The number of hydrogen-bond acceptors (Lipinski definition) is 3. The lowest BCUT2D eigenvalue weighted by atomic mass is 9.93. The number of amides is 2. The van der Waals surface area contributed by atoms with Crippen molar-refractivity contribution in [1.82, 2.24) is 5.32 Å². The number of rotatable bonds is 4. The molecule has 3 N–H and O–H groups in total. The van der Waals surface area contributed by atoms with Crippen LogP contribution in [0.3, 0.4) is 0 Å². The van der Waals surface area contributed by atoms with Gasteiger partial charge in [0.15, 0.2) is 17.4 Å². The molecule has 0 spiro atoms. The van der Waals surface area contributed by atoms with Crippen molar-refractivity contribution < 1.29 is 23.4 Å². The second kappa shape index (κ2) is 6.68. The minimum absolute atomic E-state index is 0.250. The molecular formula is C18H18F2N2O3. The molecule has 2 aromatic carbocycles. The van der Waals surface area contributed by atoms with Crippen molar-refractivity contribution >= 4 is 11.7 Å². The normalized spacial score (nSPS) is 18.6. The van der Waals surface area contributed by atoms with Gasteiger partial charge >= 0.3 is 6.03 Å². The Labute approximate surface area is 143 Å². The summed E-state index contributed by atoms with van der Waals surface area (Å²) in [7, 11) is 1.22. The molecule has 25 heavy (non-hydrogen) atoms. The molecule has 0 heterocycles. The lowest BCUT2D eigenvalue weighted by Crippen LogP contribution is -2.49. The highest BCUT2D eigenvalue weighted by atomic mass is 19.1. The van der Waals surface area contributed by atoms with Gasteiger partial charge in [-0.1, -0.05) is 24.3 Å². The first-order valence-corrected chi connectivity index (χ1v) is 7.80. The quantitative estimate of drug-likeness (QED) is 0.796. The summed E-state index contributed by atoms with van der Waals surface area (Å²) in [6, 6.07) is 8.47. The van der Waals surface area contributed by atoms with Crippen LogP contribution in [0.2, 0.25) is 0 Å². The van der Waals surface area contributed by atoms with Crippen LogP contribution in [0.4, 0.5) is 19.3 Å². The van der Waals surface area contributed by atoms with E-state index in [4.69, 9.17) is 0 Å². The summed E-state index contributed by atoms with van der Waals surface area (Å²) in [5.41, 5.74) is 0.616. The topological polar surface area (TPSA) is 70.6 Å². The van der Waals surface area contributed by atoms with Gasteiger partial charge in [-0.2, -0.15) is 0 Å². The molecule has 1 unspecified atom stereocenters. The third-order valence-corrected chi connectivity index (χ3v) is 4.47.